The van der Waals surface area contributed by atoms with E-state index in [-0.39, 0.29) is 11.7 Å². The molecule has 9 heteroatoms. The summed E-state index contributed by atoms with van der Waals surface area (Å²) in [4.78, 5) is 16.9. The maximum absolute atomic E-state index is 12.3. The minimum absolute atomic E-state index is 0.173. The van der Waals surface area contributed by atoms with Gasteiger partial charge in [0.25, 0.3) is 0 Å². The van der Waals surface area contributed by atoms with Crippen molar-refractivity contribution in [3.8, 4) is 0 Å². The molecule has 1 amide bonds. The van der Waals surface area contributed by atoms with Crippen molar-refractivity contribution in [1.82, 2.24) is 9.55 Å². The lowest BCUT2D eigenvalue weighted by molar-refractivity contribution is -0.113. The molecule has 0 aliphatic rings. The summed E-state index contributed by atoms with van der Waals surface area (Å²) in [5.41, 5.74) is 2.20. The highest BCUT2D eigenvalue weighted by molar-refractivity contribution is 7.99. The number of amides is 1. The minimum atomic E-state index is -0.201. The summed E-state index contributed by atoms with van der Waals surface area (Å²) >= 11 is 19.5. The molecule has 3 rings (SSSR count). The molecule has 3 aromatic rings. The van der Waals surface area contributed by atoms with E-state index in [0.717, 1.165) is 16.2 Å². The van der Waals surface area contributed by atoms with E-state index in [4.69, 9.17) is 39.5 Å². The van der Waals surface area contributed by atoms with Crippen LogP contribution in [0.1, 0.15) is 0 Å². The summed E-state index contributed by atoms with van der Waals surface area (Å²) in [6, 6.07) is 10.6. The molecule has 0 radical (unpaired) electrons. The smallest absolute Gasteiger partial charge is 0.234 e. The van der Waals surface area contributed by atoms with E-state index >= 15 is 0 Å². The third kappa shape index (κ3) is 4.89. The Morgan fingerprint density at radius 1 is 1.26 bits per heavy atom. The Bertz CT molecular complexity index is 978. The van der Waals surface area contributed by atoms with Crippen molar-refractivity contribution in [2.45, 2.75) is 11.7 Å². The fourth-order valence-corrected chi connectivity index (χ4v) is 3.86. The summed E-state index contributed by atoms with van der Waals surface area (Å²) in [5.74, 6) is -0.0279. The van der Waals surface area contributed by atoms with Crippen molar-refractivity contribution in [2.75, 3.05) is 24.8 Å². The number of anilines is 1. The van der Waals surface area contributed by atoms with Gasteiger partial charge in [0, 0.05) is 18.7 Å². The van der Waals surface area contributed by atoms with Crippen molar-refractivity contribution < 1.29 is 9.53 Å². The van der Waals surface area contributed by atoms with Crippen LogP contribution in [0.15, 0.2) is 41.6 Å². The van der Waals surface area contributed by atoms with Crippen LogP contribution in [-0.4, -0.2) is 34.9 Å². The summed E-state index contributed by atoms with van der Waals surface area (Å²) in [7, 11) is 1.64. The van der Waals surface area contributed by atoms with Crippen molar-refractivity contribution in [3.63, 3.8) is 0 Å². The molecule has 0 unspecified atom stereocenters. The Hall–Kier alpha value is -1.44. The predicted molar refractivity (Wildman–Crippen MR) is 112 cm³/mol. The molecular formula is C18H16Cl3N3O2S. The van der Waals surface area contributed by atoms with E-state index in [1.54, 1.807) is 31.4 Å². The van der Waals surface area contributed by atoms with Crippen LogP contribution in [0.4, 0.5) is 5.69 Å². The van der Waals surface area contributed by atoms with Gasteiger partial charge in [-0.25, -0.2) is 4.98 Å². The molecule has 1 N–H and O–H groups in total. The van der Waals surface area contributed by atoms with Crippen LogP contribution in [0.3, 0.4) is 0 Å². The average Bonchev–Trinajstić information content (AvgIpc) is 2.98. The maximum atomic E-state index is 12.3. The van der Waals surface area contributed by atoms with Gasteiger partial charge < -0.3 is 14.6 Å². The Kier molecular flexibility index (Phi) is 6.89. The van der Waals surface area contributed by atoms with Crippen molar-refractivity contribution in [3.05, 3.63) is 51.5 Å². The van der Waals surface area contributed by atoms with Crippen molar-refractivity contribution in [2.24, 2.45) is 0 Å². The van der Waals surface area contributed by atoms with Crippen LogP contribution in [0.2, 0.25) is 15.1 Å². The molecule has 0 saturated heterocycles. The standard InChI is InChI=1S/C18H16Cl3N3O2S/c1-26-8-7-24-15-6-5-11(19)9-14(15)23-18(24)27-10-16(25)22-13-4-2-3-12(20)17(13)21/h2-6,9H,7-8,10H2,1H3,(H,22,25). The molecule has 1 heterocycles. The third-order valence-corrected chi connectivity index (χ3v) is 5.78. The van der Waals surface area contributed by atoms with E-state index in [2.05, 4.69) is 10.3 Å². The van der Waals surface area contributed by atoms with Gasteiger partial charge in [0.1, 0.15) is 0 Å². The van der Waals surface area contributed by atoms with Gasteiger partial charge >= 0.3 is 0 Å². The number of carbonyl (C=O) groups is 1. The lowest BCUT2D eigenvalue weighted by atomic mass is 10.3. The summed E-state index contributed by atoms with van der Waals surface area (Å²) in [5, 5.41) is 4.81. The highest BCUT2D eigenvalue weighted by Gasteiger charge is 2.14. The van der Waals surface area contributed by atoms with Gasteiger partial charge in [-0.1, -0.05) is 52.6 Å². The molecule has 0 saturated carbocycles. The summed E-state index contributed by atoms with van der Waals surface area (Å²) in [6.07, 6.45) is 0. The van der Waals surface area contributed by atoms with E-state index in [1.165, 1.54) is 11.8 Å². The molecule has 0 fully saturated rings. The number of aromatic nitrogens is 2. The molecule has 5 nitrogen and oxygen atoms in total. The van der Waals surface area contributed by atoms with E-state index in [0.29, 0.717) is 33.9 Å². The second-order valence-corrected chi connectivity index (χ2v) is 7.77. The van der Waals surface area contributed by atoms with Gasteiger partial charge in [0.2, 0.25) is 5.91 Å². The minimum Gasteiger partial charge on any atom is -0.383 e. The van der Waals surface area contributed by atoms with Gasteiger partial charge in [-0.3, -0.25) is 4.79 Å². The number of hydrogen-bond donors (Lipinski definition) is 1. The topological polar surface area (TPSA) is 56.1 Å². The Morgan fingerprint density at radius 2 is 2.07 bits per heavy atom. The zero-order valence-electron chi connectivity index (χ0n) is 14.3. The zero-order valence-corrected chi connectivity index (χ0v) is 17.4. The summed E-state index contributed by atoms with van der Waals surface area (Å²) < 4.78 is 7.19. The van der Waals surface area contributed by atoms with E-state index < -0.39 is 0 Å². The van der Waals surface area contributed by atoms with Crippen LogP contribution in [0.25, 0.3) is 11.0 Å². The number of methoxy groups -OCH3 is 1. The SMILES string of the molecule is COCCn1c(SCC(=O)Nc2cccc(Cl)c2Cl)nc2cc(Cl)ccc21. The molecule has 1 aromatic heterocycles. The molecular weight excluding hydrogens is 429 g/mol. The number of thioether (sulfide) groups is 1. The molecule has 0 atom stereocenters. The normalized spacial score (nSPS) is 11.1. The first-order valence-corrected chi connectivity index (χ1v) is 10.1. The van der Waals surface area contributed by atoms with Gasteiger partial charge in [-0.2, -0.15) is 0 Å². The van der Waals surface area contributed by atoms with Gasteiger partial charge in [-0.15, -0.1) is 0 Å². The van der Waals surface area contributed by atoms with Crippen LogP contribution in [0, 0.1) is 0 Å². The average molecular weight is 445 g/mol. The number of nitrogens with one attached hydrogen (secondary N) is 1. The molecule has 0 aliphatic heterocycles. The molecule has 0 aliphatic carbocycles. The van der Waals surface area contributed by atoms with Crippen molar-refractivity contribution >= 4 is 69.2 Å². The van der Waals surface area contributed by atoms with E-state index in [1.807, 2.05) is 16.7 Å². The second-order valence-electron chi connectivity index (χ2n) is 5.61. The van der Waals surface area contributed by atoms with Gasteiger partial charge in [0.15, 0.2) is 5.16 Å². The number of fused-ring (bicyclic) bond motifs is 1. The van der Waals surface area contributed by atoms with Crippen LogP contribution in [-0.2, 0) is 16.1 Å². The molecule has 27 heavy (non-hydrogen) atoms. The quantitative estimate of drug-likeness (QED) is 0.497. The number of carbonyl (C=O) groups excluding carboxylic acids is 1. The molecule has 2 aromatic carbocycles. The number of halogens is 3. The summed E-state index contributed by atoms with van der Waals surface area (Å²) in [6.45, 7) is 1.16. The van der Waals surface area contributed by atoms with Crippen LogP contribution in [0.5, 0.6) is 0 Å². The predicted octanol–water partition coefficient (Wildman–Crippen LogP) is 5.37. The lowest BCUT2D eigenvalue weighted by Crippen LogP contribution is -2.15. The first kappa shape index (κ1) is 20.3. The number of imidazole rings is 1. The van der Waals surface area contributed by atoms with Crippen LogP contribution >= 0.6 is 46.6 Å². The third-order valence-electron chi connectivity index (χ3n) is 3.75. The Morgan fingerprint density at radius 3 is 2.85 bits per heavy atom. The van der Waals surface area contributed by atoms with Crippen molar-refractivity contribution in [1.29, 1.82) is 0 Å². The molecule has 0 spiro atoms. The fraction of sp³-hybridized carbons (Fsp3) is 0.222. The van der Waals surface area contributed by atoms with E-state index in [9.17, 15) is 4.79 Å². The van der Waals surface area contributed by atoms with Gasteiger partial charge in [-0.05, 0) is 30.3 Å². The highest BCUT2D eigenvalue weighted by Crippen LogP contribution is 2.30. The number of ether oxygens (including phenoxy) is 1. The number of benzene rings is 2. The molecule has 0 bridgehead atoms. The monoisotopic (exact) mass is 443 g/mol. The lowest BCUT2D eigenvalue weighted by Gasteiger charge is -2.10. The van der Waals surface area contributed by atoms with Gasteiger partial charge in [0.05, 0.1) is 39.1 Å². The maximum Gasteiger partial charge on any atom is 0.234 e. The Labute approximate surface area is 175 Å². The first-order chi connectivity index (χ1) is 13.0. The number of rotatable bonds is 7. The van der Waals surface area contributed by atoms with Crippen LogP contribution < -0.4 is 5.32 Å². The fourth-order valence-electron chi connectivity index (χ4n) is 2.51. The number of nitrogens with zero attached hydrogens (tertiary/aromatic N) is 2. The first-order valence-electron chi connectivity index (χ1n) is 8.01. The zero-order chi connectivity index (χ0) is 19.4. The largest absolute Gasteiger partial charge is 0.383 e. The Balaban J connectivity index is 1.75. The second kappa shape index (κ2) is 9.17. The highest BCUT2D eigenvalue weighted by atomic mass is 35.5. The number of hydrogen-bond acceptors (Lipinski definition) is 4. The molecule has 142 valence electrons.